The van der Waals surface area contributed by atoms with Gasteiger partial charge in [0, 0.05) is 18.9 Å². The van der Waals surface area contributed by atoms with Crippen LogP contribution in [0.4, 0.5) is 0 Å². The minimum atomic E-state index is 0.0219. The second kappa shape index (κ2) is 5.17. The van der Waals surface area contributed by atoms with E-state index in [9.17, 15) is 4.79 Å². The van der Waals surface area contributed by atoms with Gasteiger partial charge in [-0.05, 0) is 37.8 Å². The first-order chi connectivity index (χ1) is 8.93. The highest BCUT2D eigenvalue weighted by Gasteiger charge is 2.15. The SMILES string of the molecule is Cc1cc2c(=O)n(CCCC(C)(C)CN)ccn2n1. The van der Waals surface area contributed by atoms with Crippen molar-refractivity contribution in [2.24, 2.45) is 11.1 Å². The molecule has 2 N–H and O–H groups in total. The van der Waals surface area contributed by atoms with E-state index in [4.69, 9.17) is 5.73 Å². The predicted octanol–water partition coefficient (Wildman–Crippen LogP) is 1.57. The molecule has 0 unspecified atom stereocenters. The molecule has 2 rings (SSSR count). The molecule has 0 aliphatic carbocycles. The van der Waals surface area contributed by atoms with Crippen LogP contribution >= 0.6 is 0 Å². The number of nitrogens with zero attached hydrogens (tertiary/aromatic N) is 3. The Morgan fingerprint density at radius 3 is 2.79 bits per heavy atom. The van der Waals surface area contributed by atoms with Crippen molar-refractivity contribution in [1.29, 1.82) is 0 Å². The molecule has 0 radical (unpaired) electrons. The number of rotatable bonds is 5. The maximum absolute atomic E-state index is 12.2. The third-order valence-electron chi connectivity index (χ3n) is 3.53. The van der Waals surface area contributed by atoms with E-state index in [-0.39, 0.29) is 11.0 Å². The van der Waals surface area contributed by atoms with Crippen LogP contribution in [0, 0.1) is 12.3 Å². The Bertz CT molecular complexity index is 624. The Labute approximate surface area is 113 Å². The molecule has 19 heavy (non-hydrogen) atoms. The smallest absolute Gasteiger partial charge is 0.276 e. The number of aryl methyl sites for hydroxylation is 2. The van der Waals surface area contributed by atoms with Crippen molar-refractivity contribution >= 4 is 5.52 Å². The summed E-state index contributed by atoms with van der Waals surface area (Å²) in [6.07, 6.45) is 5.60. The highest BCUT2D eigenvalue weighted by atomic mass is 16.1. The molecule has 5 heteroatoms. The number of hydrogen-bond donors (Lipinski definition) is 1. The highest BCUT2D eigenvalue weighted by molar-refractivity contribution is 5.44. The van der Waals surface area contributed by atoms with E-state index in [1.165, 1.54) is 0 Å². The molecule has 0 aliphatic rings. The topological polar surface area (TPSA) is 65.3 Å². The zero-order valence-corrected chi connectivity index (χ0v) is 11.9. The maximum atomic E-state index is 12.2. The fraction of sp³-hybridized carbons (Fsp3) is 0.571. The van der Waals surface area contributed by atoms with Gasteiger partial charge in [0.15, 0.2) is 0 Å². The molecule has 0 amide bonds. The summed E-state index contributed by atoms with van der Waals surface area (Å²) >= 11 is 0. The van der Waals surface area contributed by atoms with Crippen LogP contribution in [0.3, 0.4) is 0 Å². The third kappa shape index (κ3) is 3.04. The first-order valence-corrected chi connectivity index (χ1v) is 6.68. The molecule has 104 valence electrons. The Balaban J connectivity index is 2.13. The molecule has 0 aromatic carbocycles. The fourth-order valence-corrected chi connectivity index (χ4v) is 2.15. The summed E-state index contributed by atoms with van der Waals surface area (Å²) in [7, 11) is 0. The van der Waals surface area contributed by atoms with E-state index in [1.54, 1.807) is 15.3 Å². The monoisotopic (exact) mass is 262 g/mol. The van der Waals surface area contributed by atoms with Gasteiger partial charge in [-0.15, -0.1) is 0 Å². The zero-order chi connectivity index (χ0) is 14.0. The zero-order valence-electron chi connectivity index (χ0n) is 11.9. The Hall–Kier alpha value is -1.62. The van der Waals surface area contributed by atoms with E-state index in [2.05, 4.69) is 18.9 Å². The van der Waals surface area contributed by atoms with E-state index in [0.717, 1.165) is 25.1 Å². The minimum absolute atomic E-state index is 0.0219. The van der Waals surface area contributed by atoms with Crippen molar-refractivity contribution in [1.82, 2.24) is 14.2 Å². The Morgan fingerprint density at radius 1 is 1.37 bits per heavy atom. The van der Waals surface area contributed by atoms with E-state index in [1.807, 2.05) is 19.2 Å². The second-order valence-corrected chi connectivity index (χ2v) is 5.88. The van der Waals surface area contributed by atoms with Crippen molar-refractivity contribution in [2.75, 3.05) is 6.54 Å². The van der Waals surface area contributed by atoms with E-state index >= 15 is 0 Å². The van der Waals surface area contributed by atoms with Gasteiger partial charge in [-0.3, -0.25) is 4.79 Å². The summed E-state index contributed by atoms with van der Waals surface area (Å²) < 4.78 is 3.39. The van der Waals surface area contributed by atoms with Gasteiger partial charge in [-0.1, -0.05) is 13.8 Å². The lowest BCUT2D eigenvalue weighted by molar-refractivity contribution is 0.326. The van der Waals surface area contributed by atoms with Gasteiger partial charge in [-0.2, -0.15) is 5.10 Å². The van der Waals surface area contributed by atoms with Crippen LogP contribution in [0.2, 0.25) is 0 Å². The maximum Gasteiger partial charge on any atom is 0.276 e. The first kappa shape index (κ1) is 13.8. The molecule has 0 saturated heterocycles. The lowest BCUT2D eigenvalue weighted by atomic mass is 9.88. The third-order valence-corrected chi connectivity index (χ3v) is 3.53. The van der Waals surface area contributed by atoms with Crippen LogP contribution < -0.4 is 11.3 Å². The molecule has 5 nitrogen and oxygen atoms in total. The summed E-state index contributed by atoms with van der Waals surface area (Å²) in [5.41, 5.74) is 7.37. The molecule has 2 aromatic rings. The summed E-state index contributed by atoms with van der Waals surface area (Å²) in [6.45, 7) is 7.59. The lowest BCUT2D eigenvalue weighted by Crippen LogP contribution is -2.25. The Kier molecular flexibility index (Phi) is 3.75. The average molecular weight is 262 g/mol. The van der Waals surface area contributed by atoms with Crippen molar-refractivity contribution in [2.45, 2.75) is 40.2 Å². The number of nitrogens with two attached hydrogens (primary N) is 1. The molecule has 2 heterocycles. The molecule has 0 aliphatic heterocycles. The molecule has 0 spiro atoms. The molecule has 0 saturated carbocycles. The van der Waals surface area contributed by atoms with Gasteiger partial charge < -0.3 is 10.3 Å². The average Bonchev–Trinajstić information content (AvgIpc) is 2.74. The van der Waals surface area contributed by atoms with Gasteiger partial charge >= 0.3 is 0 Å². The summed E-state index contributed by atoms with van der Waals surface area (Å²) in [6, 6.07) is 1.82. The molecular formula is C14H22N4O. The molecule has 0 fully saturated rings. The number of hydrogen-bond acceptors (Lipinski definition) is 3. The van der Waals surface area contributed by atoms with Gasteiger partial charge in [-0.25, -0.2) is 4.52 Å². The van der Waals surface area contributed by atoms with Crippen LogP contribution in [0.1, 0.15) is 32.4 Å². The standard InChI is InChI=1S/C14H22N4O/c1-11-9-12-13(19)17(7-8-18(12)16-11)6-4-5-14(2,3)10-15/h7-9H,4-6,10,15H2,1-3H3. The summed E-state index contributed by atoms with van der Waals surface area (Å²) in [5, 5.41) is 4.23. The predicted molar refractivity (Wildman–Crippen MR) is 76.3 cm³/mol. The van der Waals surface area contributed by atoms with E-state index < -0.39 is 0 Å². The van der Waals surface area contributed by atoms with Gasteiger partial charge in [0.25, 0.3) is 5.56 Å². The molecule has 2 aromatic heterocycles. The number of aromatic nitrogens is 3. The van der Waals surface area contributed by atoms with Crippen molar-refractivity contribution in [3.8, 4) is 0 Å². The lowest BCUT2D eigenvalue weighted by Gasteiger charge is -2.22. The summed E-state index contributed by atoms with van der Waals surface area (Å²) in [5.74, 6) is 0. The quantitative estimate of drug-likeness (QED) is 0.889. The molecule has 0 bridgehead atoms. The van der Waals surface area contributed by atoms with Crippen LogP contribution in [-0.4, -0.2) is 20.7 Å². The van der Waals surface area contributed by atoms with Gasteiger partial charge in [0.2, 0.25) is 0 Å². The van der Waals surface area contributed by atoms with Crippen molar-refractivity contribution in [3.05, 3.63) is 34.5 Å². The normalized spacial score (nSPS) is 12.2. The van der Waals surface area contributed by atoms with Crippen LogP contribution in [0.5, 0.6) is 0 Å². The minimum Gasteiger partial charge on any atom is -0.330 e. The number of fused-ring (bicyclic) bond motifs is 1. The first-order valence-electron chi connectivity index (χ1n) is 6.68. The van der Waals surface area contributed by atoms with Crippen LogP contribution in [0.15, 0.2) is 23.3 Å². The van der Waals surface area contributed by atoms with Gasteiger partial charge in [0.1, 0.15) is 5.52 Å². The van der Waals surface area contributed by atoms with Crippen LogP contribution in [0.25, 0.3) is 5.52 Å². The van der Waals surface area contributed by atoms with Crippen molar-refractivity contribution < 1.29 is 0 Å². The summed E-state index contributed by atoms with van der Waals surface area (Å²) in [4.78, 5) is 12.2. The van der Waals surface area contributed by atoms with E-state index in [0.29, 0.717) is 12.1 Å². The molecular weight excluding hydrogens is 240 g/mol. The second-order valence-electron chi connectivity index (χ2n) is 5.88. The molecule has 0 atom stereocenters. The highest BCUT2D eigenvalue weighted by Crippen LogP contribution is 2.20. The fourth-order valence-electron chi connectivity index (χ4n) is 2.15. The van der Waals surface area contributed by atoms with Crippen LogP contribution in [-0.2, 0) is 6.54 Å². The Morgan fingerprint density at radius 2 is 2.11 bits per heavy atom. The van der Waals surface area contributed by atoms with Crippen molar-refractivity contribution in [3.63, 3.8) is 0 Å². The van der Waals surface area contributed by atoms with Gasteiger partial charge in [0.05, 0.1) is 5.69 Å². The largest absolute Gasteiger partial charge is 0.330 e.